The van der Waals surface area contributed by atoms with Crippen LogP contribution in [0.15, 0.2) is 24.3 Å². The smallest absolute Gasteiger partial charge is 0.223 e. The first kappa shape index (κ1) is 17.0. The number of rotatable bonds is 6. The van der Waals surface area contributed by atoms with Crippen LogP contribution in [0.3, 0.4) is 0 Å². The Balaban J connectivity index is 2.49. The summed E-state index contributed by atoms with van der Waals surface area (Å²) >= 11 is 5.83. The number of carbonyl (C=O) groups excluding carboxylic acids is 1. The van der Waals surface area contributed by atoms with Crippen molar-refractivity contribution in [1.82, 2.24) is 5.32 Å². The summed E-state index contributed by atoms with van der Waals surface area (Å²) in [5.41, 5.74) is 0.197. The van der Waals surface area contributed by atoms with Gasteiger partial charge in [0.1, 0.15) is 0 Å². The van der Waals surface area contributed by atoms with E-state index in [1.807, 2.05) is 45.0 Å². The van der Waals surface area contributed by atoms with E-state index in [1.165, 1.54) is 0 Å². The summed E-state index contributed by atoms with van der Waals surface area (Å²) < 4.78 is 0. The molecule has 1 rings (SSSR count). The SMILES string of the molecule is CC(Cc1ccc(Cl)cc1)C(=O)NCC(C)(O)C(C)C. The molecule has 0 saturated carbocycles. The van der Waals surface area contributed by atoms with E-state index in [4.69, 9.17) is 11.6 Å². The van der Waals surface area contributed by atoms with Gasteiger partial charge in [-0.2, -0.15) is 0 Å². The van der Waals surface area contributed by atoms with Crippen molar-refractivity contribution in [1.29, 1.82) is 0 Å². The highest BCUT2D eigenvalue weighted by atomic mass is 35.5. The lowest BCUT2D eigenvalue weighted by Crippen LogP contribution is -2.45. The molecule has 4 heteroatoms. The van der Waals surface area contributed by atoms with Gasteiger partial charge in [0.15, 0.2) is 0 Å². The van der Waals surface area contributed by atoms with E-state index < -0.39 is 5.60 Å². The van der Waals surface area contributed by atoms with E-state index in [0.717, 1.165) is 5.56 Å². The molecule has 0 saturated heterocycles. The van der Waals surface area contributed by atoms with Crippen molar-refractivity contribution in [3.63, 3.8) is 0 Å². The van der Waals surface area contributed by atoms with E-state index in [9.17, 15) is 9.90 Å². The van der Waals surface area contributed by atoms with Gasteiger partial charge in [-0.15, -0.1) is 0 Å². The molecule has 3 nitrogen and oxygen atoms in total. The molecule has 0 radical (unpaired) electrons. The summed E-state index contributed by atoms with van der Waals surface area (Å²) in [6.07, 6.45) is 0.660. The topological polar surface area (TPSA) is 49.3 Å². The monoisotopic (exact) mass is 297 g/mol. The Labute approximate surface area is 126 Å². The molecule has 0 fully saturated rings. The molecule has 2 N–H and O–H groups in total. The van der Waals surface area contributed by atoms with Gasteiger partial charge in [0.2, 0.25) is 5.91 Å². The minimum Gasteiger partial charge on any atom is -0.388 e. The van der Waals surface area contributed by atoms with Crippen molar-refractivity contribution in [3.05, 3.63) is 34.9 Å². The third-order valence-electron chi connectivity index (χ3n) is 3.77. The number of halogens is 1. The van der Waals surface area contributed by atoms with Crippen LogP contribution in [-0.4, -0.2) is 23.2 Å². The first-order chi connectivity index (χ1) is 9.22. The number of hydrogen-bond donors (Lipinski definition) is 2. The van der Waals surface area contributed by atoms with Gasteiger partial charge in [0, 0.05) is 17.5 Å². The summed E-state index contributed by atoms with van der Waals surface area (Å²) in [5, 5.41) is 13.6. The van der Waals surface area contributed by atoms with Gasteiger partial charge in [-0.05, 0) is 37.0 Å². The summed E-state index contributed by atoms with van der Waals surface area (Å²) in [5.74, 6) is -0.0885. The zero-order valence-electron chi connectivity index (χ0n) is 12.6. The van der Waals surface area contributed by atoms with Crippen molar-refractivity contribution < 1.29 is 9.90 Å². The number of aliphatic hydroxyl groups is 1. The molecule has 0 bridgehead atoms. The summed E-state index contributed by atoms with van der Waals surface area (Å²) in [6.45, 7) is 7.76. The molecule has 0 aliphatic heterocycles. The van der Waals surface area contributed by atoms with Crippen LogP contribution < -0.4 is 5.32 Å². The van der Waals surface area contributed by atoms with E-state index >= 15 is 0 Å². The van der Waals surface area contributed by atoms with Gasteiger partial charge in [-0.25, -0.2) is 0 Å². The van der Waals surface area contributed by atoms with Gasteiger partial charge < -0.3 is 10.4 Å². The Morgan fingerprint density at radius 1 is 1.30 bits per heavy atom. The van der Waals surface area contributed by atoms with Crippen molar-refractivity contribution in [2.24, 2.45) is 11.8 Å². The van der Waals surface area contributed by atoms with Crippen molar-refractivity contribution in [2.75, 3.05) is 6.54 Å². The maximum Gasteiger partial charge on any atom is 0.223 e. The van der Waals surface area contributed by atoms with Gasteiger partial charge in [-0.3, -0.25) is 4.79 Å². The van der Waals surface area contributed by atoms with Crippen LogP contribution >= 0.6 is 11.6 Å². The molecule has 112 valence electrons. The summed E-state index contributed by atoms with van der Waals surface area (Å²) in [6, 6.07) is 7.50. The summed E-state index contributed by atoms with van der Waals surface area (Å²) in [7, 11) is 0. The maximum atomic E-state index is 12.0. The Kier molecular flexibility index (Phi) is 6.03. The van der Waals surface area contributed by atoms with Gasteiger partial charge in [-0.1, -0.05) is 44.5 Å². The number of amides is 1. The third-order valence-corrected chi connectivity index (χ3v) is 4.02. The normalized spacial score (nSPS) is 15.8. The Hall–Kier alpha value is -1.06. The van der Waals surface area contributed by atoms with E-state index in [2.05, 4.69) is 5.32 Å². The zero-order chi connectivity index (χ0) is 15.3. The van der Waals surface area contributed by atoms with Gasteiger partial charge in [0.25, 0.3) is 0 Å². The number of nitrogens with one attached hydrogen (secondary N) is 1. The molecule has 20 heavy (non-hydrogen) atoms. The van der Waals surface area contributed by atoms with Crippen LogP contribution in [0.1, 0.15) is 33.3 Å². The van der Waals surface area contributed by atoms with Crippen LogP contribution in [0.25, 0.3) is 0 Å². The standard InChI is InChI=1S/C16H24ClNO2/c1-11(2)16(4,20)10-18-15(19)12(3)9-13-5-7-14(17)8-6-13/h5-8,11-12,20H,9-10H2,1-4H3,(H,18,19). The lowest BCUT2D eigenvalue weighted by molar-refractivity contribution is -0.126. The van der Waals surface area contributed by atoms with Crippen molar-refractivity contribution >= 4 is 17.5 Å². The van der Waals surface area contributed by atoms with Crippen LogP contribution in [-0.2, 0) is 11.2 Å². The zero-order valence-corrected chi connectivity index (χ0v) is 13.4. The molecule has 0 aromatic heterocycles. The summed E-state index contributed by atoms with van der Waals surface area (Å²) in [4.78, 5) is 12.0. The first-order valence-electron chi connectivity index (χ1n) is 6.97. The van der Waals surface area contributed by atoms with E-state index in [1.54, 1.807) is 6.92 Å². The second-order valence-corrected chi connectivity index (χ2v) is 6.40. The average molecular weight is 298 g/mol. The van der Waals surface area contributed by atoms with Crippen LogP contribution in [0.5, 0.6) is 0 Å². The second kappa shape index (κ2) is 7.09. The molecular weight excluding hydrogens is 274 g/mol. The first-order valence-corrected chi connectivity index (χ1v) is 7.34. The van der Waals surface area contributed by atoms with Crippen LogP contribution in [0.4, 0.5) is 0 Å². The lowest BCUT2D eigenvalue weighted by atomic mass is 9.92. The molecule has 1 aromatic rings. The molecule has 1 amide bonds. The van der Waals surface area contributed by atoms with E-state index in [-0.39, 0.29) is 24.3 Å². The van der Waals surface area contributed by atoms with Crippen LogP contribution in [0, 0.1) is 11.8 Å². The fourth-order valence-corrected chi connectivity index (χ4v) is 1.84. The molecule has 0 aliphatic carbocycles. The predicted molar refractivity (Wildman–Crippen MR) is 82.8 cm³/mol. The molecular formula is C16H24ClNO2. The minimum atomic E-state index is -0.879. The van der Waals surface area contributed by atoms with Crippen molar-refractivity contribution in [3.8, 4) is 0 Å². The highest BCUT2D eigenvalue weighted by Gasteiger charge is 2.26. The third kappa shape index (κ3) is 5.14. The fraction of sp³-hybridized carbons (Fsp3) is 0.562. The Morgan fingerprint density at radius 3 is 2.35 bits per heavy atom. The highest BCUT2D eigenvalue weighted by molar-refractivity contribution is 6.30. The van der Waals surface area contributed by atoms with E-state index in [0.29, 0.717) is 11.4 Å². The Morgan fingerprint density at radius 2 is 1.85 bits per heavy atom. The van der Waals surface area contributed by atoms with Crippen LogP contribution in [0.2, 0.25) is 5.02 Å². The molecule has 0 heterocycles. The largest absolute Gasteiger partial charge is 0.388 e. The van der Waals surface area contributed by atoms with Crippen molar-refractivity contribution in [2.45, 2.75) is 39.7 Å². The average Bonchev–Trinajstić information content (AvgIpc) is 2.38. The minimum absolute atomic E-state index is 0.0409. The van der Waals surface area contributed by atoms with Gasteiger partial charge >= 0.3 is 0 Å². The number of carbonyl (C=O) groups is 1. The molecule has 0 spiro atoms. The maximum absolute atomic E-state index is 12.0. The lowest BCUT2D eigenvalue weighted by Gasteiger charge is -2.28. The second-order valence-electron chi connectivity index (χ2n) is 5.96. The molecule has 0 aliphatic rings. The van der Waals surface area contributed by atoms with Gasteiger partial charge in [0.05, 0.1) is 5.60 Å². The quantitative estimate of drug-likeness (QED) is 0.848. The highest BCUT2D eigenvalue weighted by Crippen LogP contribution is 2.16. The molecule has 2 unspecified atom stereocenters. The molecule has 1 aromatic carbocycles. The number of benzene rings is 1. The molecule has 2 atom stereocenters. The predicted octanol–water partition coefficient (Wildman–Crippen LogP) is 3.04. The fourth-order valence-electron chi connectivity index (χ4n) is 1.71. The number of hydrogen-bond acceptors (Lipinski definition) is 2. The Bertz CT molecular complexity index is 440.